The third kappa shape index (κ3) is 4.86. The molecule has 33 heavy (non-hydrogen) atoms. The molecule has 0 radical (unpaired) electrons. The minimum Gasteiger partial charge on any atom is -0.338 e. The molecule has 0 fully saturated rings. The van der Waals surface area contributed by atoms with Crippen molar-refractivity contribution in [2.75, 3.05) is 24.7 Å². The van der Waals surface area contributed by atoms with Crippen LogP contribution >= 0.6 is 23.2 Å². The van der Waals surface area contributed by atoms with Gasteiger partial charge in [-0.2, -0.15) is 4.98 Å². The zero-order chi connectivity index (χ0) is 23.8. The van der Waals surface area contributed by atoms with Crippen molar-refractivity contribution < 1.29 is 8.42 Å². The highest BCUT2D eigenvalue weighted by Gasteiger charge is 2.21. The number of hydrogen-bond acceptors (Lipinski definition) is 7. The van der Waals surface area contributed by atoms with Gasteiger partial charge in [-0.15, -0.1) is 0 Å². The van der Waals surface area contributed by atoms with Crippen molar-refractivity contribution in [2.24, 2.45) is 0 Å². The van der Waals surface area contributed by atoms with Crippen LogP contribution in [0.2, 0.25) is 10.0 Å². The van der Waals surface area contributed by atoms with Gasteiger partial charge >= 0.3 is 0 Å². The summed E-state index contributed by atoms with van der Waals surface area (Å²) in [6.45, 7) is 1.89. The molecule has 4 aromatic rings. The predicted octanol–water partition coefficient (Wildman–Crippen LogP) is 5.38. The second-order valence-electron chi connectivity index (χ2n) is 7.40. The topological polar surface area (TPSA) is 100 Å². The van der Waals surface area contributed by atoms with Crippen molar-refractivity contribution in [3.63, 3.8) is 0 Å². The molecule has 2 aromatic carbocycles. The normalized spacial score (nSPS) is 11.7. The van der Waals surface area contributed by atoms with Crippen LogP contribution < -0.4 is 10.6 Å². The number of hydrogen-bond donors (Lipinski definition) is 2. The zero-order valence-corrected chi connectivity index (χ0v) is 20.3. The average molecular weight is 503 g/mol. The van der Waals surface area contributed by atoms with E-state index in [9.17, 15) is 8.42 Å². The van der Waals surface area contributed by atoms with E-state index in [0.717, 1.165) is 26.6 Å². The number of para-hydroxylation sites is 1. The zero-order valence-electron chi connectivity index (χ0n) is 18.0. The standard InChI is InChI=1S/C22H20Cl2N6O2S/c1-13-10-19(15-11-14(23)8-9-17(15)26-13)28-22-25-12-16(24)21(29-22)27-18-6-4-5-7-20(18)33(31,32)30(2)3/h4-12H,1-3H3,(H2,25,26,27,28,29). The van der Waals surface area contributed by atoms with Gasteiger partial charge in [0.05, 0.1) is 23.1 Å². The highest BCUT2D eigenvalue weighted by atomic mass is 35.5. The summed E-state index contributed by atoms with van der Waals surface area (Å²) in [4.78, 5) is 13.3. The van der Waals surface area contributed by atoms with Crippen LogP contribution in [0.4, 0.5) is 23.1 Å². The first-order valence-electron chi connectivity index (χ1n) is 9.80. The average Bonchev–Trinajstić information content (AvgIpc) is 2.76. The van der Waals surface area contributed by atoms with Crippen LogP contribution in [0, 0.1) is 6.92 Å². The Morgan fingerprint density at radius 3 is 2.45 bits per heavy atom. The van der Waals surface area contributed by atoms with E-state index in [1.807, 2.05) is 25.1 Å². The maximum atomic E-state index is 12.7. The van der Waals surface area contributed by atoms with Crippen molar-refractivity contribution >= 4 is 67.3 Å². The number of aryl methyl sites for hydroxylation is 1. The fraction of sp³-hybridized carbons (Fsp3) is 0.136. The van der Waals surface area contributed by atoms with E-state index < -0.39 is 10.0 Å². The molecule has 0 amide bonds. The van der Waals surface area contributed by atoms with E-state index in [1.165, 1.54) is 26.4 Å². The number of rotatable bonds is 6. The van der Waals surface area contributed by atoms with Crippen LogP contribution in [0.1, 0.15) is 5.69 Å². The van der Waals surface area contributed by atoms with E-state index in [-0.39, 0.29) is 21.7 Å². The second kappa shape index (κ2) is 9.11. The Balaban J connectivity index is 1.72. The minimum atomic E-state index is -3.68. The van der Waals surface area contributed by atoms with Gasteiger partial charge in [-0.1, -0.05) is 35.3 Å². The lowest BCUT2D eigenvalue weighted by Gasteiger charge is -2.17. The summed E-state index contributed by atoms with van der Waals surface area (Å²) in [6.07, 6.45) is 1.44. The Morgan fingerprint density at radius 2 is 1.70 bits per heavy atom. The first kappa shape index (κ1) is 23.2. The molecule has 0 aliphatic heterocycles. The Bertz CT molecular complexity index is 1460. The van der Waals surface area contributed by atoms with E-state index in [1.54, 1.807) is 24.3 Å². The number of aromatic nitrogens is 3. The van der Waals surface area contributed by atoms with Gasteiger partial charge in [0, 0.05) is 30.2 Å². The molecule has 170 valence electrons. The Morgan fingerprint density at radius 1 is 0.939 bits per heavy atom. The Hall–Kier alpha value is -2.98. The van der Waals surface area contributed by atoms with Gasteiger partial charge in [0.1, 0.15) is 9.92 Å². The molecule has 0 atom stereocenters. The number of anilines is 4. The van der Waals surface area contributed by atoms with E-state index in [0.29, 0.717) is 10.7 Å². The van der Waals surface area contributed by atoms with Gasteiger partial charge < -0.3 is 10.6 Å². The first-order chi connectivity index (χ1) is 15.6. The van der Waals surface area contributed by atoms with Crippen molar-refractivity contribution in [3.05, 3.63) is 70.5 Å². The lowest BCUT2D eigenvalue weighted by molar-refractivity contribution is 0.521. The molecule has 0 aliphatic rings. The van der Waals surface area contributed by atoms with Gasteiger partial charge in [0.2, 0.25) is 16.0 Å². The SMILES string of the molecule is Cc1cc(Nc2ncc(Cl)c(Nc3ccccc3S(=O)(=O)N(C)C)n2)c2cc(Cl)ccc2n1. The van der Waals surface area contributed by atoms with Crippen LogP contribution in [0.3, 0.4) is 0 Å². The summed E-state index contributed by atoms with van der Waals surface area (Å²) in [5.74, 6) is 0.519. The molecule has 0 saturated heterocycles. The monoisotopic (exact) mass is 502 g/mol. The molecule has 2 heterocycles. The molecule has 0 spiro atoms. The van der Waals surface area contributed by atoms with E-state index >= 15 is 0 Å². The maximum absolute atomic E-state index is 12.7. The minimum absolute atomic E-state index is 0.101. The highest BCUT2D eigenvalue weighted by molar-refractivity contribution is 7.89. The van der Waals surface area contributed by atoms with Gasteiger partial charge in [0.15, 0.2) is 5.82 Å². The molecular weight excluding hydrogens is 483 g/mol. The number of nitrogens with one attached hydrogen (secondary N) is 2. The quantitative estimate of drug-likeness (QED) is 0.365. The third-order valence-electron chi connectivity index (χ3n) is 4.79. The first-order valence-corrected chi connectivity index (χ1v) is 12.0. The second-order valence-corrected chi connectivity index (χ2v) is 10.4. The summed E-state index contributed by atoms with van der Waals surface area (Å²) in [6, 6.07) is 13.8. The van der Waals surface area contributed by atoms with Crippen molar-refractivity contribution in [1.29, 1.82) is 0 Å². The summed E-state index contributed by atoms with van der Waals surface area (Å²) in [5.41, 5.74) is 2.65. The molecule has 2 N–H and O–H groups in total. The third-order valence-corrected chi connectivity index (χ3v) is 7.17. The van der Waals surface area contributed by atoms with Gasteiger partial charge in [0.25, 0.3) is 0 Å². The summed E-state index contributed by atoms with van der Waals surface area (Å²) < 4.78 is 26.6. The molecule has 2 aromatic heterocycles. The fourth-order valence-electron chi connectivity index (χ4n) is 3.19. The molecule has 0 bridgehead atoms. The molecular formula is C22H20Cl2N6O2S. The van der Waals surface area contributed by atoms with Gasteiger partial charge in [-0.05, 0) is 43.3 Å². The number of sulfonamides is 1. The molecule has 8 nitrogen and oxygen atoms in total. The maximum Gasteiger partial charge on any atom is 0.244 e. The summed E-state index contributed by atoms with van der Waals surface area (Å²) in [5, 5.41) is 7.83. The number of halogens is 2. The van der Waals surface area contributed by atoms with E-state index in [2.05, 4.69) is 25.6 Å². The molecule has 0 unspecified atom stereocenters. The van der Waals surface area contributed by atoms with Crippen LogP contribution in [0.15, 0.2) is 59.6 Å². The van der Waals surface area contributed by atoms with Crippen LogP contribution in [0.5, 0.6) is 0 Å². The van der Waals surface area contributed by atoms with Crippen molar-refractivity contribution in [1.82, 2.24) is 19.3 Å². The van der Waals surface area contributed by atoms with Crippen LogP contribution in [0.25, 0.3) is 10.9 Å². The number of fused-ring (bicyclic) bond motifs is 1. The van der Waals surface area contributed by atoms with Crippen LogP contribution in [-0.2, 0) is 10.0 Å². The summed E-state index contributed by atoms with van der Waals surface area (Å²) >= 11 is 12.5. The molecule has 4 rings (SSSR count). The summed E-state index contributed by atoms with van der Waals surface area (Å²) in [7, 11) is -0.740. The van der Waals surface area contributed by atoms with Gasteiger partial charge in [-0.25, -0.2) is 17.7 Å². The number of nitrogens with zero attached hydrogens (tertiary/aromatic N) is 4. The number of pyridine rings is 1. The Labute approximate surface area is 201 Å². The molecule has 0 saturated carbocycles. The molecule has 0 aliphatic carbocycles. The van der Waals surface area contributed by atoms with Gasteiger partial charge in [-0.3, -0.25) is 4.98 Å². The smallest absolute Gasteiger partial charge is 0.244 e. The largest absolute Gasteiger partial charge is 0.338 e. The van der Waals surface area contributed by atoms with Crippen molar-refractivity contribution in [3.8, 4) is 0 Å². The number of benzene rings is 2. The molecule has 11 heteroatoms. The van der Waals surface area contributed by atoms with Crippen molar-refractivity contribution in [2.45, 2.75) is 11.8 Å². The highest BCUT2D eigenvalue weighted by Crippen LogP contribution is 2.31. The predicted molar refractivity (Wildman–Crippen MR) is 132 cm³/mol. The lowest BCUT2D eigenvalue weighted by Crippen LogP contribution is -2.23. The van der Waals surface area contributed by atoms with E-state index in [4.69, 9.17) is 23.2 Å². The Kier molecular flexibility index (Phi) is 6.40. The lowest BCUT2D eigenvalue weighted by atomic mass is 10.1. The fourth-order valence-corrected chi connectivity index (χ4v) is 4.54. The van der Waals surface area contributed by atoms with Crippen LogP contribution in [-0.4, -0.2) is 41.8 Å².